The Hall–Kier alpha value is -3.21. The highest BCUT2D eigenvalue weighted by Gasteiger charge is 2.02. The van der Waals surface area contributed by atoms with Gasteiger partial charge in [-0.15, -0.1) is 0 Å². The van der Waals surface area contributed by atoms with Gasteiger partial charge in [0.1, 0.15) is 11.6 Å². The highest BCUT2D eigenvalue weighted by Crippen LogP contribution is 2.20. The van der Waals surface area contributed by atoms with Crippen LogP contribution in [0.3, 0.4) is 0 Å². The molecule has 3 rings (SSSR count). The maximum atomic E-state index is 12.8. The fourth-order valence-electron chi connectivity index (χ4n) is 2.17. The zero-order chi connectivity index (χ0) is 16.8. The van der Waals surface area contributed by atoms with Crippen molar-refractivity contribution in [2.45, 2.75) is 0 Å². The third-order valence-electron chi connectivity index (χ3n) is 3.36. The van der Waals surface area contributed by atoms with Gasteiger partial charge in [-0.2, -0.15) is 5.10 Å². The average molecular weight is 322 g/mol. The van der Waals surface area contributed by atoms with Crippen LogP contribution in [0, 0.1) is 5.82 Å². The van der Waals surface area contributed by atoms with E-state index in [1.165, 1.54) is 18.3 Å². The van der Waals surface area contributed by atoms with Crippen LogP contribution in [0.25, 0.3) is 10.8 Å². The number of nitrogens with zero attached hydrogens (tertiary/aromatic N) is 1. The van der Waals surface area contributed by atoms with E-state index in [0.29, 0.717) is 11.3 Å². The predicted octanol–water partition coefficient (Wildman–Crippen LogP) is 3.51. The van der Waals surface area contributed by atoms with Gasteiger partial charge in [-0.25, -0.2) is 9.82 Å². The number of hydrazone groups is 1. The van der Waals surface area contributed by atoms with Crippen LogP contribution in [0.2, 0.25) is 0 Å². The lowest BCUT2D eigenvalue weighted by Crippen LogP contribution is -2.24. The Kier molecular flexibility index (Phi) is 4.81. The van der Waals surface area contributed by atoms with Gasteiger partial charge in [0.25, 0.3) is 5.91 Å². The Morgan fingerprint density at radius 2 is 1.79 bits per heavy atom. The predicted molar refractivity (Wildman–Crippen MR) is 91.6 cm³/mol. The number of rotatable bonds is 5. The molecule has 120 valence electrons. The van der Waals surface area contributed by atoms with Crippen molar-refractivity contribution >= 4 is 22.9 Å². The van der Waals surface area contributed by atoms with E-state index in [2.05, 4.69) is 10.5 Å². The Morgan fingerprint density at radius 1 is 1.04 bits per heavy atom. The number of carbonyl (C=O) groups is 1. The van der Waals surface area contributed by atoms with Gasteiger partial charge in [-0.05, 0) is 40.6 Å². The summed E-state index contributed by atoms with van der Waals surface area (Å²) in [6, 6.07) is 19.3. The Balaban J connectivity index is 1.52. The van der Waals surface area contributed by atoms with Crippen molar-refractivity contribution in [2.75, 3.05) is 6.61 Å². The summed E-state index contributed by atoms with van der Waals surface area (Å²) in [7, 11) is 0. The molecule has 0 heterocycles. The number of carbonyl (C=O) groups excluding carboxylic acids is 1. The topological polar surface area (TPSA) is 50.7 Å². The summed E-state index contributed by atoms with van der Waals surface area (Å²) in [5.74, 6) is -0.0761. The second-order valence-electron chi connectivity index (χ2n) is 5.14. The van der Waals surface area contributed by atoms with Crippen molar-refractivity contribution < 1.29 is 13.9 Å². The Bertz CT molecular complexity index is 876. The standard InChI is InChI=1S/C19H15FN2O2/c20-17-8-5-14(6-9-17)12-21-22-19(23)13-24-18-10-7-15-3-1-2-4-16(15)11-18/h1-12H,13H2,(H,22,23)/b21-12+. The zero-order valence-corrected chi connectivity index (χ0v) is 12.8. The number of amides is 1. The molecule has 0 saturated carbocycles. The molecule has 0 saturated heterocycles. The molecule has 0 spiro atoms. The van der Waals surface area contributed by atoms with Crippen LogP contribution >= 0.6 is 0 Å². The first-order valence-corrected chi connectivity index (χ1v) is 7.40. The molecule has 0 aromatic heterocycles. The summed E-state index contributed by atoms with van der Waals surface area (Å²) >= 11 is 0. The van der Waals surface area contributed by atoms with E-state index >= 15 is 0 Å². The van der Waals surface area contributed by atoms with Gasteiger partial charge in [0.2, 0.25) is 0 Å². The van der Waals surface area contributed by atoms with Crippen LogP contribution < -0.4 is 10.2 Å². The fourth-order valence-corrected chi connectivity index (χ4v) is 2.17. The lowest BCUT2D eigenvalue weighted by molar-refractivity contribution is -0.123. The molecule has 0 unspecified atom stereocenters. The third kappa shape index (κ3) is 4.16. The van der Waals surface area contributed by atoms with Crippen molar-refractivity contribution in [2.24, 2.45) is 5.10 Å². The highest BCUT2D eigenvalue weighted by molar-refractivity contribution is 5.84. The molecular formula is C19H15FN2O2. The third-order valence-corrected chi connectivity index (χ3v) is 3.36. The van der Waals surface area contributed by atoms with Crippen LogP contribution in [-0.4, -0.2) is 18.7 Å². The molecule has 4 nitrogen and oxygen atoms in total. The van der Waals surface area contributed by atoms with Gasteiger partial charge in [-0.1, -0.05) is 42.5 Å². The molecule has 1 N–H and O–H groups in total. The minimum absolute atomic E-state index is 0.140. The lowest BCUT2D eigenvalue weighted by Gasteiger charge is -2.06. The Morgan fingerprint density at radius 3 is 2.58 bits per heavy atom. The van der Waals surface area contributed by atoms with E-state index in [9.17, 15) is 9.18 Å². The number of nitrogens with one attached hydrogen (secondary N) is 1. The summed E-state index contributed by atoms with van der Waals surface area (Å²) in [5.41, 5.74) is 3.05. The summed E-state index contributed by atoms with van der Waals surface area (Å²) in [5, 5.41) is 5.96. The lowest BCUT2D eigenvalue weighted by atomic mass is 10.1. The molecule has 5 heteroatoms. The smallest absolute Gasteiger partial charge is 0.277 e. The summed E-state index contributed by atoms with van der Waals surface area (Å²) < 4.78 is 18.2. The maximum absolute atomic E-state index is 12.8. The minimum Gasteiger partial charge on any atom is -0.484 e. The molecule has 0 atom stereocenters. The molecule has 3 aromatic carbocycles. The van der Waals surface area contributed by atoms with Gasteiger partial charge >= 0.3 is 0 Å². The van der Waals surface area contributed by atoms with E-state index in [-0.39, 0.29) is 18.3 Å². The summed E-state index contributed by atoms with van der Waals surface area (Å²) in [6.07, 6.45) is 1.44. The van der Waals surface area contributed by atoms with E-state index in [1.54, 1.807) is 12.1 Å². The number of benzene rings is 3. The molecule has 0 aliphatic heterocycles. The van der Waals surface area contributed by atoms with Crippen molar-refractivity contribution in [3.63, 3.8) is 0 Å². The molecule has 0 radical (unpaired) electrons. The second kappa shape index (κ2) is 7.37. The SMILES string of the molecule is O=C(COc1ccc2ccccc2c1)N/N=C/c1ccc(F)cc1. The monoisotopic (exact) mass is 322 g/mol. The van der Waals surface area contributed by atoms with Gasteiger partial charge < -0.3 is 4.74 Å². The summed E-state index contributed by atoms with van der Waals surface area (Å²) in [6.45, 7) is -0.140. The molecule has 1 amide bonds. The molecular weight excluding hydrogens is 307 g/mol. The number of hydrogen-bond donors (Lipinski definition) is 1. The van der Waals surface area contributed by atoms with Crippen LogP contribution in [-0.2, 0) is 4.79 Å². The van der Waals surface area contributed by atoms with E-state index in [0.717, 1.165) is 10.8 Å². The summed E-state index contributed by atoms with van der Waals surface area (Å²) in [4.78, 5) is 11.7. The van der Waals surface area contributed by atoms with Gasteiger partial charge in [0.15, 0.2) is 6.61 Å². The van der Waals surface area contributed by atoms with Crippen molar-refractivity contribution in [1.29, 1.82) is 0 Å². The van der Waals surface area contributed by atoms with E-state index in [1.807, 2.05) is 42.5 Å². The number of hydrogen-bond acceptors (Lipinski definition) is 3. The van der Waals surface area contributed by atoms with Gasteiger partial charge in [-0.3, -0.25) is 4.79 Å². The van der Waals surface area contributed by atoms with Crippen molar-refractivity contribution in [3.8, 4) is 5.75 Å². The number of halogens is 1. The van der Waals surface area contributed by atoms with Crippen LogP contribution in [0.4, 0.5) is 4.39 Å². The molecule has 3 aromatic rings. The van der Waals surface area contributed by atoms with Crippen molar-refractivity contribution in [3.05, 3.63) is 78.1 Å². The first-order valence-electron chi connectivity index (χ1n) is 7.40. The van der Waals surface area contributed by atoms with Crippen LogP contribution in [0.1, 0.15) is 5.56 Å². The second-order valence-corrected chi connectivity index (χ2v) is 5.14. The average Bonchev–Trinajstić information content (AvgIpc) is 2.61. The highest BCUT2D eigenvalue weighted by atomic mass is 19.1. The van der Waals surface area contributed by atoms with Gasteiger partial charge in [0, 0.05) is 0 Å². The number of ether oxygens (including phenoxy) is 1. The first-order chi connectivity index (χ1) is 11.7. The molecule has 0 bridgehead atoms. The van der Waals surface area contributed by atoms with Gasteiger partial charge in [0.05, 0.1) is 6.21 Å². The molecule has 24 heavy (non-hydrogen) atoms. The van der Waals surface area contributed by atoms with E-state index < -0.39 is 0 Å². The van der Waals surface area contributed by atoms with Crippen molar-refractivity contribution in [1.82, 2.24) is 5.43 Å². The fraction of sp³-hybridized carbons (Fsp3) is 0.0526. The van der Waals surface area contributed by atoms with Crippen LogP contribution in [0.5, 0.6) is 5.75 Å². The molecule has 0 fully saturated rings. The largest absolute Gasteiger partial charge is 0.484 e. The molecule has 0 aliphatic rings. The molecule has 0 aliphatic carbocycles. The van der Waals surface area contributed by atoms with Crippen LogP contribution in [0.15, 0.2) is 71.8 Å². The first kappa shape index (κ1) is 15.7. The minimum atomic E-state index is -0.374. The normalized spacial score (nSPS) is 10.9. The Labute approximate surface area is 138 Å². The van der Waals surface area contributed by atoms with E-state index in [4.69, 9.17) is 4.74 Å². The quantitative estimate of drug-likeness (QED) is 0.577. The zero-order valence-electron chi connectivity index (χ0n) is 12.8. The maximum Gasteiger partial charge on any atom is 0.277 e. The number of fused-ring (bicyclic) bond motifs is 1.